The van der Waals surface area contributed by atoms with E-state index in [1.807, 2.05) is 6.92 Å². The summed E-state index contributed by atoms with van der Waals surface area (Å²) in [6.07, 6.45) is 3.13. The normalized spacial score (nSPS) is 25.8. The molecule has 2 unspecified atom stereocenters. The quantitative estimate of drug-likeness (QED) is 0.729. The van der Waals surface area contributed by atoms with Crippen molar-refractivity contribution < 1.29 is 4.79 Å². The van der Waals surface area contributed by atoms with E-state index in [0.717, 1.165) is 32.6 Å². The fourth-order valence-corrected chi connectivity index (χ4v) is 3.32. The molecule has 1 amide bonds. The summed E-state index contributed by atoms with van der Waals surface area (Å²) in [6.45, 7) is 13.1. The minimum absolute atomic E-state index is 0.220. The second kappa shape index (κ2) is 6.63. The lowest BCUT2D eigenvalue weighted by Gasteiger charge is -2.42. The van der Waals surface area contributed by atoms with Crippen LogP contribution in [0.4, 0.5) is 0 Å². The Morgan fingerprint density at radius 3 is 2.14 bits per heavy atom. The number of carbonyl (C=O) groups is 1. The number of nitrogens with two attached hydrogens (primary N) is 1. The van der Waals surface area contributed by atoms with Gasteiger partial charge in [-0.2, -0.15) is 0 Å². The number of amides is 1. The van der Waals surface area contributed by atoms with E-state index in [4.69, 9.17) is 5.73 Å². The Hall–Kier alpha value is -0.650. The largest absolute Gasteiger partial charge is 0.368 e. The topological polar surface area (TPSA) is 61.6 Å². The van der Waals surface area contributed by atoms with Gasteiger partial charge in [-0.3, -0.25) is 14.6 Å². The Morgan fingerprint density at radius 2 is 1.71 bits per heavy atom. The minimum Gasteiger partial charge on any atom is -0.368 e. The molecule has 122 valence electrons. The summed E-state index contributed by atoms with van der Waals surface area (Å²) in [6, 6.07) is 1.49. The number of nitrogens with one attached hydrogen (secondary N) is 1. The van der Waals surface area contributed by atoms with Gasteiger partial charge >= 0.3 is 0 Å². The molecule has 3 N–H and O–H groups in total. The number of hydrogen-bond acceptors (Lipinski definition) is 4. The van der Waals surface area contributed by atoms with Gasteiger partial charge in [-0.25, -0.2) is 0 Å². The first-order valence-electron chi connectivity index (χ1n) is 8.37. The van der Waals surface area contributed by atoms with Crippen LogP contribution < -0.4 is 11.1 Å². The Labute approximate surface area is 129 Å². The van der Waals surface area contributed by atoms with E-state index >= 15 is 0 Å². The van der Waals surface area contributed by atoms with Crippen LogP contribution in [0.2, 0.25) is 0 Å². The summed E-state index contributed by atoms with van der Waals surface area (Å²) in [5.74, 6) is -0.220. The Bertz CT molecular complexity index is 361. The molecule has 0 aromatic rings. The minimum atomic E-state index is -0.574. The molecule has 5 nitrogen and oxygen atoms in total. The van der Waals surface area contributed by atoms with Crippen LogP contribution in [0.25, 0.3) is 0 Å². The second-order valence-electron chi connectivity index (χ2n) is 7.33. The van der Waals surface area contributed by atoms with Crippen LogP contribution in [0.5, 0.6) is 0 Å². The van der Waals surface area contributed by atoms with Crippen LogP contribution in [-0.4, -0.2) is 65.6 Å². The third-order valence-electron chi connectivity index (χ3n) is 5.05. The van der Waals surface area contributed by atoms with E-state index in [2.05, 4.69) is 35.9 Å². The average Bonchev–Trinajstić information content (AvgIpc) is 3.22. The van der Waals surface area contributed by atoms with Crippen LogP contribution in [0.3, 0.4) is 0 Å². The number of hydrogen-bond donors (Lipinski definition) is 2. The molecule has 1 aliphatic carbocycles. The number of rotatable bonds is 7. The molecule has 0 spiro atoms. The highest BCUT2D eigenvalue weighted by Crippen LogP contribution is 2.26. The molecule has 1 heterocycles. The standard InChI is InChI=1S/C16H32N4O/c1-12(2)19-7-9-20(10-8-19)13(3)11-16(4,15(17)21)18-14-5-6-14/h12-14,18H,5-11H2,1-4H3,(H2,17,21). The zero-order valence-electron chi connectivity index (χ0n) is 14.1. The van der Waals surface area contributed by atoms with Crippen molar-refractivity contribution in [2.75, 3.05) is 26.2 Å². The molecule has 2 rings (SSSR count). The van der Waals surface area contributed by atoms with Gasteiger partial charge in [-0.05, 0) is 47.0 Å². The lowest BCUT2D eigenvalue weighted by Crippen LogP contribution is -2.59. The molecule has 1 saturated heterocycles. The molecule has 2 aliphatic rings. The van der Waals surface area contributed by atoms with E-state index in [9.17, 15) is 4.79 Å². The molecule has 21 heavy (non-hydrogen) atoms. The molecule has 0 bridgehead atoms. The highest BCUT2D eigenvalue weighted by molar-refractivity contribution is 5.84. The van der Waals surface area contributed by atoms with E-state index < -0.39 is 5.54 Å². The maximum Gasteiger partial charge on any atom is 0.237 e. The van der Waals surface area contributed by atoms with Crippen molar-refractivity contribution in [3.05, 3.63) is 0 Å². The fraction of sp³-hybridized carbons (Fsp3) is 0.938. The molecule has 1 aliphatic heterocycles. The van der Waals surface area contributed by atoms with Gasteiger partial charge < -0.3 is 11.1 Å². The van der Waals surface area contributed by atoms with E-state index in [1.165, 1.54) is 12.8 Å². The molecule has 2 atom stereocenters. The second-order valence-corrected chi connectivity index (χ2v) is 7.33. The van der Waals surface area contributed by atoms with Gasteiger partial charge in [0, 0.05) is 44.3 Å². The van der Waals surface area contributed by atoms with Gasteiger partial charge in [0.15, 0.2) is 0 Å². The number of carbonyl (C=O) groups excluding carboxylic acids is 1. The van der Waals surface area contributed by atoms with Gasteiger partial charge in [0.1, 0.15) is 0 Å². The highest BCUT2D eigenvalue weighted by Gasteiger charge is 2.39. The zero-order chi connectivity index (χ0) is 15.6. The Kier molecular flexibility index (Phi) is 5.28. The predicted molar refractivity (Wildman–Crippen MR) is 86.1 cm³/mol. The summed E-state index contributed by atoms with van der Waals surface area (Å²) < 4.78 is 0. The van der Waals surface area contributed by atoms with Crippen molar-refractivity contribution >= 4 is 5.91 Å². The van der Waals surface area contributed by atoms with E-state index in [-0.39, 0.29) is 5.91 Å². The summed E-state index contributed by atoms with van der Waals surface area (Å²) in [7, 11) is 0. The van der Waals surface area contributed by atoms with Crippen molar-refractivity contribution in [3.63, 3.8) is 0 Å². The zero-order valence-corrected chi connectivity index (χ0v) is 14.1. The summed E-state index contributed by atoms with van der Waals surface area (Å²) in [5, 5.41) is 3.45. The van der Waals surface area contributed by atoms with Crippen LogP contribution in [0, 0.1) is 0 Å². The van der Waals surface area contributed by atoms with E-state index in [1.54, 1.807) is 0 Å². The maximum atomic E-state index is 11.9. The molecule has 1 saturated carbocycles. The molecule has 0 radical (unpaired) electrons. The highest BCUT2D eigenvalue weighted by atomic mass is 16.1. The van der Waals surface area contributed by atoms with E-state index in [0.29, 0.717) is 18.1 Å². The maximum absolute atomic E-state index is 11.9. The molecule has 2 fully saturated rings. The third-order valence-corrected chi connectivity index (χ3v) is 5.05. The first kappa shape index (κ1) is 16.7. The van der Waals surface area contributed by atoms with Crippen molar-refractivity contribution in [1.29, 1.82) is 0 Å². The fourth-order valence-electron chi connectivity index (χ4n) is 3.32. The summed E-state index contributed by atoms with van der Waals surface area (Å²) >= 11 is 0. The first-order chi connectivity index (χ1) is 9.82. The number of primary amides is 1. The van der Waals surface area contributed by atoms with Crippen LogP contribution in [0.1, 0.15) is 47.0 Å². The lowest BCUT2D eigenvalue weighted by molar-refractivity contribution is -0.124. The monoisotopic (exact) mass is 296 g/mol. The first-order valence-corrected chi connectivity index (χ1v) is 8.37. The number of nitrogens with zero attached hydrogens (tertiary/aromatic N) is 2. The summed E-state index contributed by atoms with van der Waals surface area (Å²) in [4.78, 5) is 16.9. The van der Waals surface area contributed by atoms with Crippen molar-refractivity contribution in [1.82, 2.24) is 15.1 Å². The summed E-state index contributed by atoms with van der Waals surface area (Å²) in [5.41, 5.74) is 5.08. The molecule has 0 aromatic carbocycles. The molecular weight excluding hydrogens is 264 g/mol. The van der Waals surface area contributed by atoms with Gasteiger partial charge in [-0.1, -0.05) is 0 Å². The SMILES string of the molecule is CC(C)N1CCN(C(C)CC(C)(NC2CC2)C(N)=O)CC1. The molecular formula is C16H32N4O. The lowest BCUT2D eigenvalue weighted by atomic mass is 9.91. The Balaban J connectivity index is 1.87. The van der Waals surface area contributed by atoms with Crippen molar-refractivity contribution in [2.24, 2.45) is 5.73 Å². The van der Waals surface area contributed by atoms with Crippen LogP contribution in [0.15, 0.2) is 0 Å². The van der Waals surface area contributed by atoms with Crippen molar-refractivity contribution in [3.8, 4) is 0 Å². The van der Waals surface area contributed by atoms with Gasteiger partial charge in [0.05, 0.1) is 5.54 Å². The smallest absolute Gasteiger partial charge is 0.237 e. The Morgan fingerprint density at radius 1 is 1.19 bits per heavy atom. The third kappa shape index (κ3) is 4.41. The van der Waals surface area contributed by atoms with Gasteiger partial charge in [0.25, 0.3) is 0 Å². The average molecular weight is 296 g/mol. The van der Waals surface area contributed by atoms with Crippen LogP contribution >= 0.6 is 0 Å². The molecule has 0 aromatic heterocycles. The van der Waals surface area contributed by atoms with Gasteiger partial charge in [0.2, 0.25) is 5.91 Å². The molecule has 5 heteroatoms. The van der Waals surface area contributed by atoms with Crippen molar-refractivity contribution in [2.45, 2.75) is 70.6 Å². The number of piperazine rings is 1. The van der Waals surface area contributed by atoms with Crippen LogP contribution in [-0.2, 0) is 4.79 Å². The predicted octanol–water partition coefficient (Wildman–Crippen LogP) is 0.787. The van der Waals surface area contributed by atoms with Gasteiger partial charge in [-0.15, -0.1) is 0 Å².